The summed E-state index contributed by atoms with van der Waals surface area (Å²) in [5, 5.41) is 0. The Morgan fingerprint density at radius 2 is 1.34 bits per heavy atom. The zero-order valence-electron chi connectivity index (χ0n) is 18.1. The summed E-state index contributed by atoms with van der Waals surface area (Å²) in [5.41, 5.74) is 0.633. The van der Waals surface area contributed by atoms with Gasteiger partial charge in [0, 0.05) is 0 Å². The second-order valence-corrected chi connectivity index (χ2v) is 6.85. The maximum Gasteiger partial charge on any atom is 0.373 e. The van der Waals surface area contributed by atoms with Gasteiger partial charge in [-0.1, -0.05) is 0 Å². The van der Waals surface area contributed by atoms with Crippen molar-refractivity contribution in [3.05, 3.63) is 72.2 Å². The molecule has 0 amide bonds. The van der Waals surface area contributed by atoms with Crippen molar-refractivity contribution in [1.29, 1.82) is 0 Å². The number of carbonyl (C=O) groups is 2. The molecule has 1 unspecified atom stereocenters. The molecule has 3 rings (SSSR count). The third-order valence-electron chi connectivity index (χ3n) is 4.60. The van der Waals surface area contributed by atoms with Crippen LogP contribution in [0.4, 0.5) is 0 Å². The lowest BCUT2D eigenvalue weighted by Gasteiger charge is -2.26. The fourth-order valence-corrected chi connectivity index (χ4v) is 2.99. The molecule has 0 N–H and O–H groups in total. The van der Waals surface area contributed by atoms with E-state index in [0.717, 1.165) is 6.42 Å². The summed E-state index contributed by atoms with van der Waals surface area (Å²) >= 11 is 0. The van der Waals surface area contributed by atoms with Crippen LogP contribution in [0.15, 0.2) is 48.5 Å². The molecule has 2 aromatic carbocycles. The average molecular weight is 442 g/mol. The lowest BCUT2D eigenvalue weighted by Crippen LogP contribution is -2.30. The van der Waals surface area contributed by atoms with Crippen molar-refractivity contribution in [2.24, 2.45) is 0 Å². The van der Waals surface area contributed by atoms with Gasteiger partial charge in [0.05, 0.1) is 24.3 Å². The van der Waals surface area contributed by atoms with E-state index in [2.05, 4.69) is 0 Å². The standard InChI is InChI=1S/C24H26O8/c1-3-27-19-13-9-17(10-14-19)23(25)31-29-21-7-5-6-8-22(21)30-32-24(26)18-11-15-20(16-12-18)28-4-2/h5,9-16,21H,3-4,6-8H2,1-2H3. The van der Waals surface area contributed by atoms with Gasteiger partial charge in [-0.25, -0.2) is 9.59 Å². The summed E-state index contributed by atoms with van der Waals surface area (Å²) in [4.78, 5) is 45.0. The van der Waals surface area contributed by atoms with Crippen molar-refractivity contribution in [3.63, 3.8) is 0 Å². The molecule has 2 radical (unpaired) electrons. The SMILES string of the molecule is CCOc1ccc(C(=O)OO[C]2CC[CH]CC2OOC(=O)c2ccc(OCC)cc2)cc1. The highest BCUT2D eigenvalue weighted by molar-refractivity contribution is 5.89. The predicted molar refractivity (Wildman–Crippen MR) is 113 cm³/mol. The molecule has 0 heterocycles. The van der Waals surface area contributed by atoms with E-state index >= 15 is 0 Å². The predicted octanol–water partition coefficient (Wildman–Crippen LogP) is 4.65. The molecule has 0 aliphatic heterocycles. The van der Waals surface area contributed by atoms with Crippen molar-refractivity contribution in [2.45, 2.75) is 39.2 Å². The Morgan fingerprint density at radius 3 is 1.88 bits per heavy atom. The summed E-state index contributed by atoms with van der Waals surface area (Å²) in [7, 11) is 0. The van der Waals surface area contributed by atoms with E-state index < -0.39 is 18.0 Å². The van der Waals surface area contributed by atoms with Gasteiger partial charge in [-0.05, 0) is 88.1 Å². The van der Waals surface area contributed by atoms with Crippen LogP contribution in [0.3, 0.4) is 0 Å². The highest BCUT2D eigenvalue weighted by Gasteiger charge is 2.33. The highest BCUT2D eigenvalue weighted by Crippen LogP contribution is 2.30. The zero-order chi connectivity index (χ0) is 22.8. The van der Waals surface area contributed by atoms with Crippen LogP contribution in [0.1, 0.15) is 53.8 Å². The van der Waals surface area contributed by atoms with E-state index in [1.165, 1.54) is 0 Å². The van der Waals surface area contributed by atoms with E-state index in [1.54, 1.807) is 48.5 Å². The van der Waals surface area contributed by atoms with Gasteiger partial charge >= 0.3 is 11.9 Å². The van der Waals surface area contributed by atoms with Crippen molar-refractivity contribution in [2.75, 3.05) is 13.2 Å². The molecule has 8 heteroatoms. The quantitative estimate of drug-likeness (QED) is 0.388. The molecule has 0 aromatic heterocycles. The molecule has 0 bridgehead atoms. The maximum absolute atomic E-state index is 12.2. The molecular weight excluding hydrogens is 416 g/mol. The maximum atomic E-state index is 12.2. The molecule has 1 atom stereocenters. The molecule has 2 aromatic rings. The van der Waals surface area contributed by atoms with Crippen molar-refractivity contribution in [3.8, 4) is 11.5 Å². The van der Waals surface area contributed by atoms with Crippen LogP contribution in [-0.2, 0) is 19.6 Å². The van der Waals surface area contributed by atoms with Crippen molar-refractivity contribution in [1.82, 2.24) is 0 Å². The van der Waals surface area contributed by atoms with E-state index in [4.69, 9.17) is 29.0 Å². The first kappa shape index (κ1) is 23.6. The van der Waals surface area contributed by atoms with Gasteiger partial charge in [0.1, 0.15) is 17.6 Å². The van der Waals surface area contributed by atoms with Crippen LogP contribution < -0.4 is 9.47 Å². The normalized spacial score (nSPS) is 16.2. The molecule has 1 aliphatic rings. The van der Waals surface area contributed by atoms with Gasteiger partial charge in [-0.3, -0.25) is 9.78 Å². The summed E-state index contributed by atoms with van der Waals surface area (Å²) in [6.07, 6.45) is 3.32. The van der Waals surface area contributed by atoms with Crippen molar-refractivity contribution < 1.29 is 38.6 Å². The number of carbonyl (C=O) groups excluding carboxylic acids is 2. The van der Waals surface area contributed by atoms with E-state index in [9.17, 15) is 9.59 Å². The topological polar surface area (TPSA) is 89.5 Å². The lowest BCUT2D eigenvalue weighted by molar-refractivity contribution is -0.317. The largest absolute Gasteiger partial charge is 0.494 e. The van der Waals surface area contributed by atoms with Crippen LogP contribution >= 0.6 is 0 Å². The minimum Gasteiger partial charge on any atom is -0.494 e. The molecule has 8 nitrogen and oxygen atoms in total. The minimum absolute atomic E-state index is 0.316. The third-order valence-corrected chi connectivity index (χ3v) is 4.60. The molecule has 32 heavy (non-hydrogen) atoms. The molecule has 1 aliphatic carbocycles. The number of hydrogen-bond acceptors (Lipinski definition) is 8. The second kappa shape index (κ2) is 12.1. The fraction of sp³-hybridized carbons (Fsp3) is 0.333. The minimum atomic E-state index is -0.677. The van der Waals surface area contributed by atoms with Gasteiger partial charge in [0.25, 0.3) is 0 Å². The average Bonchev–Trinajstić information content (AvgIpc) is 2.83. The zero-order valence-corrected chi connectivity index (χ0v) is 18.1. The molecular formula is C24H26O8. The Labute approximate surface area is 187 Å². The first-order valence-electron chi connectivity index (χ1n) is 10.5. The first-order valence-corrected chi connectivity index (χ1v) is 10.5. The second-order valence-electron chi connectivity index (χ2n) is 6.85. The van der Waals surface area contributed by atoms with Crippen LogP contribution in [0.2, 0.25) is 0 Å². The van der Waals surface area contributed by atoms with Crippen LogP contribution in [0.25, 0.3) is 0 Å². The summed E-state index contributed by atoms with van der Waals surface area (Å²) < 4.78 is 10.7. The van der Waals surface area contributed by atoms with Gasteiger partial charge in [0.15, 0.2) is 6.10 Å². The fourth-order valence-electron chi connectivity index (χ4n) is 2.99. The molecule has 0 saturated heterocycles. The van der Waals surface area contributed by atoms with Crippen LogP contribution in [0.5, 0.6) is 11.5 Å². The Kier molecular flexibility index (Phi) is 8.89. The monoisotopic (exact) mass is 442 g/mol. The van der Waals surface area contributed by atoms with Gasteiger partial charge in [-0.15, -0.1) is 0 Å². The van der Waals surface area contributed by atoms with E-state index in [0.29, 0.717) is 54.8 Å². The highest BCUT2D eigenvalue weighted by atomic mass is 17.2. The Balaban J connectivity index is 1.49. The summed E-state index contributed by atoms with van der Waals surface area (Å²) in [6.45, 7) is 4.82. The Bertz CT molecular complexity index is 789. The smallest absolute Gasteiger partial charge is 0.373 e. The number of benzene rings is 2. The summed E-state index contributed by atoms with van der Waals surface area (Å²) in [5.74, 6) is 0.0137. The Hall–Kier alpha value is -3.10. The summed E-state index contributed by atoms with van der Waals surface area (Å²) in [6, 6.07) is 13.0. The molecule has 170 valence electrons. The van der Waals surface area contributed by atoms with Gasteiger partial charge in [0.2, 0.25) is 0 Å². The molecule has 1 fully saturated rings. The number of rotatable bonds is 10. The number of ether oxygens (including phenoxy) is 2. The number of hydrogen-bond donors (Lipinski definition) is 0. The van der Waals surface area contributed by atoms with Gasteiger partial charge < -0.3 is 9.47 Å². The van der Waals surface area contributed by atoms with Crippen molar-refractivity contribution >= 4 is 11.9 Å². The van der Waals surface area contributed by atoms with Gasteiger partial charge in [-0.2, -0.15) is 9.78 Å². The Morgan fingerprint density at radius 1 is 0.812 bits per heavy atom. The van der Waals surface area contributed by atoms with E-state index in [-0.39, 0.29) is 0 Å². The molecule has 1 saturated carbocycles. The lowest BCUT2D eigenvalue weighted by atomic mass is 9.95. The third kappa shape index (κ3) is 6.70. The van der Waals surface area contributed by atoms with Crippen LogP contribution in [-0.4, -0.2) is 31.3 Å². The molecule has 0 spiro atoms. The first-order chi connectivity index (χ1) is 15.6. The van der Waals surface area contributed by atoms with E-state index in [1.807, 2.05) is 20.3 Å². The van der Waals surface area contributed by atoms with Crippen LogP contribution in [0, 0.1) is 12.5 Å².